The molecule has 0 radical (unpaired) electrons. The molecule has 6 rings (SSSR count). The number of rotatable bonds is 4. The van der Waals surface area contributed by atoms with E-state index >= 15 is 0 Å². The van der Waals surface area contributed by atoms with Crippen molar-refractivity contribution in [2.24, 2.45) is 0 Å². The van der Waals surface area contributed by atoms with Crippen molar-refractivity contribution in [3.63, 3.8) is 0 Å². The summed E-state index contributed by atoms with van der Waals surface area (Å²) in [6.45, 7) is 5.25. The molecule has 0 aliphatic carbocycles. The van der Waals surface area contributed by atoms with E-state index in [2.05, 4.69) is 22.7 Å². The molecule has 2 aromatic carbocycles. The van der Waals surface area contributed by atoms with Gasteiger partial charge in [0.1, 0.15) is 11.9 Å². The lowest BCUT2D eigenvalue weighted by Crippen LogP contribution is -2.45. The third-order valence-corrected chi connectivity index (χ3v) is 6.98. The Morgan fingerprint density at radius 3 is 2.70 bits per heavy atom. The van der Waals surface area contributed by atoms with Gasteiger partial charge in [-0.2, -0.15) is 5.10 Å². The fourth-order valence-corrected chi connectivity index (χ4v) is 4.88. The molecule has 0 saturated carbocycles. The van der Waals surface area contributed by atoms with Crippen LogP contribution >= 0.6 is 0 Å². The Morgan fingerprint density at radius 1 is 1.15 bits per heavy atom. The highest BCUT2D eigenvalue weighted by Gasteiger charge is 2.39. The predicted octanol–water partition coefficient (Wildman–Crippen LogP) is 2.32. The van der Waals surface area contributed by atoms with Crippen LogP contribution in [-0.4, -0.2) is 71.4 Å². The van der Waals surface area contributed by atoms with Crippen LogP contribution in [-0.2, 0) is 17.9 Å². The summed E-state index contributed by atoms with van der Waals surface area (Å²) in [5, 5.41) is 10.3. The van der Waals surface area contributed by atoms with E-state index in [0.29, 0.717) is 34.9 Å². The molecular formula is C29H33N5O6. The topological polar surface area (TPSA) is 124 Å². The van der Waals surface area contributed by atoms with Crippen molar-refractivity contribution < 1.29 is 28.6 Å². The van der Waals surface area contributed by atoms with Gasteiger partial charge in [-0.15, -0.1) is 0 Å². The lowest BCUT2D eigenvalue weighted by molar-refractivity contribution is -0.123. The first-order valence-electron chi connectivity index (χ1n) is 13.3. The van der Waals surface area contributed by atoms with E-state index in [-0.39, 0.29) is 43.2 Å². The van der Waals surface area contributed by atoms with Gasteiger partial charge < -0.3 is 29.7 Å². The SMILES string of the molecule is CCCn1cc(C(=O)N2C[C@@H]3NC(=O)c4ccc(OC)c(c4)OCC(=O)NCc4ccc(cc4)O[C@H]3C2)c(C)n1. The van der Waals surface area contributed by atoms with E-state index in [4.69, 9.17) is 14.2 Å². The van der Waals surface area contributed by atoms with Crippen LogP contribution in [0.5, 0.6) is 17.2 Å². The average Bonchev–Trinajstić information content (AvgIpc) is 3.53. The summed E-state index contributed by atoms with van der Waals surface area (Å²) in [7, 11) is 1.49. The number of aryl methyl sites for hydroxylation is 2. The van der Waals surface area contributed by atoms with Gasteiger partial charge in [0.05, 0.1) is 31.0 Å². The maximum Gasteiger partial charge on any atom is 0.258 e. The molecule has 3 amide bonds. The second-order valence-corrected chi connectivity index (χ2v) is 9.91. The van der Waals surface area contributed by atoms with Crippen molar-refractivity contribution in [1.29, 1.82) is 0 Å². The Balaban J connectivity index is 1.44. The molecule has 3 aliphatic rings. The van der Waals surface area contributed by atoms with Gasteiger partial charge in [0.25, 0.3) is 17.7 Å². The summed E-state index contributed by atoms with van der Waals surface area (Å²) in [5.41, 5.74) is 2.41. The molecule has 1 saturated heterocycles. The van der Waals surface area contributed by atoms with Crippen LogP contribution in [0.4, 0.5) is 0 Å². The number of ether oxygens (including phenoxy) is 3. The number of fused-ring (bicyclic) bond motifs is 7. The van der Waals surface area contributed by atoms with Gasteiger partial charge in [0.2, 0.25) is 0 Å². The summed E-state index contributed by atoms with van der Waals surface area (Å²) in [6.07, 6.45) is 2.20. The summed E-state index contributed by atoms with van der Waals surface area (Å²) >= 11 is 0. The first-order valence-corrected chi connectivity index (χ1v) is 13.3. The van der Waals surface area contributed by atoms with Gasteiger partial charge >= 0.3 is 0 Å². The van der Waals surface area contributed by atoms with Crippen molar-refractivity contribution in [1.82, 2.24) is 25.3 Å². The van der Waals surface area contributed by atoms with E-state index in [0.717, 1.165) is 18.5 Å². The van der Waals surface area contributed by atoms with E-state index in [9.17, 15) is 14.4 Å². The van der Waals surface area contributed by atoms with Crippen LogP contribution in [0.3, 0.4) is 0 Å². The number of nitrogens with one attached hydrogen (secondary N) is 2. The van der Waals surface area contributed by atoms with E-state index in [1.54, 1.807) is 27.9 Å². The maximum absolute atomic E-state index is 13.5. The molecule has 210 valence electrons. The molecule has 0 unspecified atom stereocenters. The zero-order valence-electron chi connectivity index (χ0n) is 22.8. The Kier molecular flexibility index (Phi) is 7.90. The standard InChI is InChI=1S/C29H33N5O6/c1-4-11-34-14-22(18(2)32-34)29(37)33-15-23-26(16-33)40-21-8-5-19(6-9-21)13-30-27(35)17-39-25-12-20(28(36)31-23)7-10-24(25)38-3/h5-10,12,14,23,26H,4,11,13,15-17H2,1-3H3,(H,30,35)(H,31,36)/t23-,26-/m0/s1. The average molecular weight is 548 g/mol. The zero-order valence-corrected chi connectivity index (χ0v) is 22.8. The fourth-order valence-electron chi connectivity index (χ4n) is 4.88. The third kappa shape index (κ3) is 5.88. The Bertz CT molecular complexity index is 1400. The highest BCUT2D eigenvalue weighted by Crippen LogP contribution is 2.29. The van der Waals surface area contributed by atoms with Crippen LogP contribution in [0.1, 0.15) is 45.3 Å². The predicted molar refractivity (Wildman–Crippen MR) is 146 cm³/mol. The minimum absolute atomic E-state index is 0.154. The van der Waals surface area contributed by atoms with Crippen LogP contribution < -0.4 is 24.8 Å². The minimum atomic E-state index is -0.492. The lowest BCUT2D eigenvalue weighted by atomic mass is 10.1. The van der Waals surface area contributed by atoms with Crippen LogP contribution in [0.25, 0.3) is 0 Å². The molecule has 3 aliphatic heterocycles. The van der Waals surface area contributed by atoms with Crippen molar-refractivity contribution >= 4 is 17.7 Å². The Labute approximate surface area is 232 Å². The normalized spacial score (nSPS) is 19.1. The van der Waals surface area contributed by atoms with Crippen LogP contribution in [0.15, 0.2) is 48.7 Å². The van der Waals surface area contributed by atoms with Gasteiger partial charge in [-0.05, 0) is 49.2 Å². The van der Waals surface area contributed by atoms with Crippen molar-refractivity contribution in [2.45, 2.75) is 45.5 Å². The van der Waals surface area contributed by atoms with Crippen molar-refractivity contribution in [3.05, 3.63) is 71.0 Å². The van der Waals surface area contributed by atoms with E-state index in [1.807, 2.05) is 31.2 Å². The van der Waals surface area contributed by atoms with Gasteiger partial charge in [0, 0.05) is 31.4 Å². The fraction of sp³-hybridized carbons (Fsp3) is 0.379. The lowest BCUT2D eigenvalue weighted by Gasteiger charge is -2.21. The van der Waals surface area contributed by atoms with Crippen LogP contribution in [0, 0.1) is 6.92 Å². The molecule has 11 nitrogen and oxygen atoms in total. The second kappa shape index (κ2) is 11.7. The minimum Gasteiger partial charge on any atom is -0.493 e. The smallest absolute Gasteiger partial charge is 0.258 e. The van der Waals surface area contributed by atoms with Crippen molar-refractivity contribution in [2.75, 3.05) is 26.8 Å². The molecule has 2 atom stereocenters. The molecule has 2 N–H and O–H groups in total. The van der Waals surface area contributed by atoms with E-state index < -0.39 is 12.1 Å². The summed E-state index contributed by atoms with van der Waals surface area (Å²) in [4.78, 5) is 40.9. The number of methoxy groups -OCH3 is 1. The zero-order chi connectivity index (χ0) is 28.2. The number of hydrogen-bond donors (Lipinski definition) is 2. The number of hydrogen-bond acceptors (Lipinski definition) is 7. The maximum atomic E-state index is 13.5. The number of amides is 3. The van der Waals surface area contributed by atoms with Gasteiger partial charge in [-0.3, -0.25) is 19.1 Å². The highest BCUT2D eigenvalue weighted by atomic mass is 16.5. The van der Waals surface area contributed by atoms with Crippen molar-refractivity contribution in [3.8, 4) is 17.2 Å². The Hall–Kier alpha value is -4.54. The molecule has 11 heteroatoms. The molecule has 40 heavy (non-hydrogen) atoms. The molecule has 0 spiro atoms. The number of benzene rings is 2. The number of aromatic nitrogens is 2. The number of nitrogens with zero attached hydrogens (tertiary/aromatic N) is 3. The summed E-state index contributed by atoms with van der Waals surface area (Å²) in [5.74, 6) is 0.441. The monoisotopic (exact) mass is 547 g/mol. The largest absolute Gasteiger partial charge is 0.493 e. The molecule has 1 aromatic heterocycles. The number of carbonyl (C=O) groups is 3. The summed E-state index contributed by atoms with van der Waals surface area (Å²) in [6, 6.07) is 11.6. The second-order valence-electron chi connectivity index (χ2n) is 9.91. The first kappa shape index (κ1) is 27.0. The van der Waals surface area contributed by atoms with Crippen LogP contribution in [0.2, 0.25) is 0 Å². The molecular weight excluding hydrogens is 514 g/mol. The quantitative estimate of drug-likeness (QED) is 0.514. The van der Waals surface area contributed by atoms with E-state index in [1.165, 1.54) is 13.2 Å². The molecule has 4 bridgehead atoms. The molecule has 1 fully saturated rings. The first-order chi connectivity index (χ1) is 19.3. The number of likely N-dealkylation sites (tertiary alicyclic amines) is 1. The van der Waals surface area contributed by atoms with Gasteiger partial charge in [-0.1, -0.05) is 19.1 Å². The van der Waals surface area contributed by atoms with Gasteiger partial charge in [-0.25, -0.2) is 0 Å². The molecule has 3 aromatic rings. The summed E-state index contributed by atoms with van der Waals surface area (Å²) < 4.78 is 19.1. The number of carbonyl (C=O) groups excluding carboxylic acids is 3. The molecule has 4 heterocycles. The Morgan fingerprint density at radius 2 is 1.95 bits per heavy atom. The highest BCUT2D eigenvalue weighted by molar-refractivity contribution is 5.96. The third-order valence-electron chi connectivity index (χ3n) is 6.98. The van der Waals surface area contributed by atoms with Gasteiger partial charge in [0.15, 0.2) is 18.1 Å².